The lowest BCUT2D eigenvalue weighted by Crippen LogP contribution is -2.00. The molecule has 1 heterocycles. The molecule has 0 radical (unpaired) electrons. The summed E-state index contributed by atoms with van der Waals surface area (Å²) in [5.74, 6) is 0. The smallest absolute Gasteiger partial charge is 0.106 e. The number of aryl methyl sites for hydroxylation is 2. The molecule has 2 heteroatoms. The molecule has 1 aromatic heterocycles. The number of aliphatic hydroxyl groups is 1. The Hall–Kier alpha value is -1.67. The molecule has 0 amide bonds. The molecule has 0 spiro atoms. The van der Waals surface area contributed by atoms with Crippen LogP contribution in [0.5, 0.6) is 0 Å². The summed E-state index contributed by atoms with van der Waals surface area (Å²) in [6, 6.07) is 10.0. The summed E-state index contributed by atoms with van der Waals surface area (Å²) in [5, 5.41) is 10.2. The molecule has 2 nitrogen and oxygen atoms in total. The van der Waals surface area contributed by atoms with Crippen LogP contribution in [0.3, 0.4) is 0 Å². The molecular weight excluding hydrogens is 210 g/mol. The maximum atomic E-state index is 10.2. The molecule has 17 heavy (non-hydrogen) atoms. The van der Waals surface area contributed by atoms with Crippen LogP contribution in [0.4, 0.5) is 0 Å². The molecule has 0 fully saturated rings. The Morgan fingerprint density at radius 1 is 1.12 bits per heavy atom. The van der Waals surface area contributed by atoms with Crippen molar-refractivity contribution in [2.45, 2.75) is 26.4 Å². The fourth-order valence-electron chi connectivity index (χ4n) is 1.86. The number of benzene rings is 1. The Kier molecular flexibility index (Phi) is 3.55. The topological polar surface area (TPSA) is 33.1 Å². The van der Waals surface area contributed by atoms with Crippen LogP contribution < -0.4 is 0 Å². The summed E-state index contributed by atoms with van der Waals surface area (Å²) in [6.07, 6.45) is 3.93. The van der Waals surface area contributed by atoms with E-state index in [0.717, 1.165) is 23.1 Å². The van der Waals surface area contributed by atoms with Crippen LogP contribution in [-0.2, 0) is 6.42 Å². The van der Waals surface area contributed by atoms with Crippen molar-refractivity contribution in [1.82, 2.24) is 4.98 Å². The normalized spacial score (nSPS) is 12.4. The predicted molar refractivity (Wildman–Crippen MR) is 68.9 cm³/mol. The van der Waals surface area contributed by atoms with Crippen LogP contribution in [0, 0.1) is 6.92 Å². The molecule has 0 saturated carbocycles. The van der Waals surface area contributed by atoms with E-state index in [1.54, 1.807) is 12.4 Å². The number of hydrogen-bond donors (Lipinski definition) is 1. The lowest BCUT2D eigenvalue weighted by atomic mass is 10.0. The van der Waals surface area contributed by atoms with Gasteiger partial charge in [0.05, 0.1) is 0 Å². The molecule has 2 aromatic rings. The van der Waals surface area contributed by atoms with Gasteiger partial charge in [-0.25, -0.2) is 0 Å². The van der Waals surface area contributed by atoms with Crippen LogP contribution >= 0.6 is 0 Å². The van der Waals surface area contributed by atoms with Crippen molar-refractivity contribution in [3.05, 3.63) is 65.0 Å². The van der Waals surface area contributed by atoms with Crippen molar-refractivity contribution in [3.8, 4) is 0 Å². The summed E-state index contributed by atoms with van der Waals surface area (Å²) in [7, 11) is 0. The highest BCUT2D eigenvalue weighted by Crippen LogP contribution is 2.22. The van der Waals surface area contributed by atoms with Crippen molar-refractivity contribution < 1.29 is 5.11 Å². The van der Waals surface area contributed by atoms with Gasteiger partial charge in [0, 0.05) is 18.0 Å². The molecule has 0 aliphatic heterocycles. The average Bonchev–Trinajstić information content (AvgIpc) is 2.38. The molecule has 2 rings (SSSR count). The Morgan fingerprint density at radius 3 is 2.41 bits per heavy atom. The van der Waals surface area contributed by atoms with Gasteiger partial charge in [-0.05, 0) is 30.0 Å². The van der Waals surface area contributed by atoms with Gasteiger partial charge < -0.3 is 5.11 Å². The second-order valence-corrected chi connectivity index (χ2v) is 4.29. The highest BCUT2D eigenvalue weighted by atomic mass is 16.3. The Labute approximate surface area is 102 Å². The highest BCUT2D eigenvalue weighted by Gasteiger charge is 2.10. The van der Waals surface area contributed by atoms with Crippen molar-refractivity contribution in [1.29, 1.82) is 0 Å². The molecule has 1 aromatic carbocycles. The minimum Gasteiger partial charge on any atom is -0.384 e. The summed E-state index contributed by atoms with van der Waals surface area (Å²) in [4.78, 5) is 4.10. The van der Waals surface area contributed by atoms with Crippen LogP contribution in [0.1, 0.15) is 35.3 Å². The lowest BCUT2D eigenvalue weighted by Gasteiger charge is -2.12. The van der Waals surface area contributed by atoms with E-state index in [2.05, 4.69) is 24.0 Å². The number of pyridine rings is 1. The standard InChI is InChI=1S/C15H17NO/c1-3-12-4-6-13(7-5-12)15(17)14-8-11(2)9-16-10-14/h4-10,15,17H,3H2,1-2H3. The summed E-state index contributed by atoms with van der Waals surface area (Å²) in [6.45, 7) is 4.10. The zero-order chi connectivity index (χ0) is 12.3. The van der Waals surface area contributed by atoms with E-state index in [1.165, 1.54) is 5.56 Å². The lowest BCUT2D eigenvalue weighted by molar-refractivity contribution is 0.220. The first-order valence-corrected chi connectivity index (χ1v) is 5.89. The second-order valence-electron chi connectivity index (χ2n) is 4.29. The van der Waals surface area contributed by atoms with E-state index in [1.807, 2.05) is 25.1 Å². The van der Waals surface area contributed by atoms with Crippen LogP contribution in [0.25, 0.3) is 0 Å². The summed E-state index contributed by atoms with van der Waals surface area (Å²) < 4.78 is 0. The van der Waals surface area contributed by atoms with Crippen molar-refractivity contribution in [2.24, 2.45) is 0 Å². The van der Waals surface area contributed by atoms with Crippen LogP contribution in [0.15, 0.2) is 42.7 Å². The van der Waals surface area contributed by atoms with Gasteiger partial charge >= 0.3 is 0 Å². The van der Waals surface area contributed by atoms with Crippen LogP contribution in [0.2, 0.25) is 0 Å². The van der Waals surface area contributed by atoms with E-state index >= 15 is 0 Å². The SMILES string of the molecule is CCc1ccc(C(O)c2cncc(C)c2)cc1. The number of nitrogens with zero attached hydrogens (tertiary/aromatic N) is 1. The molecule has 0 aliphatic carbocycles. The predicted octanol–water partition coefficient (Wildman–Crippen LogP) is 3.03. The third-order valence-corrected chi connectivity index (χ3v) is 2.92. The first kappa shape index (κ1) is 11.8. The third kappa shape index (κ3) is 2.71. The maximum Gasteiger partial charge on any atom is 0.106 e. The maximum absolute atomic E-state index is 10.2. The Morgan fingerprint density at radius 2 is 1.82 bits per heavy atom. The molecular formula is C15H17NO. The van der Waals surface area contributed by atoms with Gasteiger partial charge in [0.2, 0.25) is 0 Å². The molecule has 0 saturated heterocycles. The van der Waals surface area contributed by atoms with E-state index in [9.17, 15) is 5.11 Å². The largest absolute Gasteiger partial charge is 0.384 e. The third-order valence-electron chi connectivity index (χ3n) is 2.92. The minimum atomic E-state index is -0.590. The number of aliphatic hydroxyl groups excluding tert-OH is 1. The highest BCUT2D eigenvalue weighted by molar-refractivity contribution is 5.31. The number of rotatable bonds is 3. The zero-order valence-electron chi connectivity index (χ0n) is 10.2. The van der Waals surface area contributed by atoms with Gasteiger partial charge in [0.25, 0.3) is 0 Å². The van der Waals surface area contributed by atoms with Crippen molar-refractivity contribution in [3.63, 3.8) is 0 Å². The fourth-order valence-corrected chi connectivity index (χ4v) is 1.86. The average molecular weight is 227 g/mol. The molecule has 0 bridgehead atoms. The molecule has 0 aliphatic rings. The van der Waals surface area contributed by atoms with E-state index in [0.29, 0.717) is 0 Å². The Bertz CT molecular complexity index is 491. The first-order valence-electron chi connectivity index (χ1n) is 5.89. The summed E-state index contributed by atoms with van der Waals surface area (Å²) >= 11 is 0. The summed E-state index contributed by atoms with van der Waals surface area (Å²) in [5.41, 5.74) is 4.10. The molecule has 1 unspecified atom stereocenters. The first-order chi connectivity index (χ1) is 8.20. The number of hydrogen-bond acceptors (Lipinski definition) is 2. The van der Waals surface area contributed by atoms with Gasteiger partial charge in [-0.3, -0.25) is 4.98 Å². The van der Waals surface area contributed by atoms with E-state index in [4.69, 9.17) is 0 Å². The van der Waals surface area contributed by atoms with E-state index < -0.39 is 6.10 Å². The second kappa shape index (κ2) is 5.11. The minimum absolute atomic E-state index is 0.590. The molecule has 88 valence electrons. The van der Waals surface area contributed by atoms with Crippen molar-refractivity contribution in [2.75, 3.05) is 0 Å². The molecule has 1 atom stereocenters. The quantitative estimate of drug-likeness (QED) is 0.874. The molecule has 1 N–H and O–H groups in total. The van der Waals surface area contributed by atoms with Gasteiger partial charge in [-0.15, -0.1) is 0 Å². The van der Waals surface area contributed by atoms with Gasteiger partial charge in [0.1, 0.15) is 6.10 Å². The van der Waals surface area contributed by atoms with Gasteiger partial charge in [0.15, 0.2) is 0 Å². The van der Waals surface area contributed by atoms with Crippen LogP contribution in [-0.4, -0.2) is 10.1 Å². The van der Waals surface area contributed by atoms with Gasteiger partial charge in [-0.2, -0.15) is 0 Å². The van der Waals surface area contributed by atoms with Crippen molar-refractivity contribution >= 4 is 0 Å². The monoisotopic (exact) mass is 227 g/mol. The Balaban J connectivity index is 2.27. The number of aromatic nitrogens is 1. The fraction of sp³-hybridized carbons (Fsp3) is 0.267. The van der Waals surface area contributed by atoms with Gasteiger partial charge in [-0.1, -0.05) is 37.3 Å². The zero-order valence-corrected chi connectivity index (χ0v) is 10.2. The van der Waals surface area contributed by atoms with E-state index in [-0.39, 0.29) is 0 Å².